The number of nitrogens with one attached hydrogen (secondary N) is 1. The number of aliphatic hydroxyl groups excluding tert-OH is 1. The lowest BCUT2D eigenvalue weighted by molar-refractivity contribution is 0.189. The van der Waals surface area contributed by atoms with Crippen LogP contribution in [0.5, 0.6) is 0 Å². The van der Waals surface area contributed by atoms with Crippen LogP contribution in [0.4, 0.5) is 5.69 Å². The fraction of sp³-hybridized carbons (Fsp3) is 0.364. The highest BCUT2D eigenvalue weighted by atomic mass is 32.2. The van der Waals surface area contributed by atoms with E-state index in [4.69, 9.17) is 18.0 Å². The molecule has 1 unspecified atom stereocenters. The minimum atomic E-state index is -3.54. The van der Waals surface area contributed by atoms with E-state index >= 15 is 0 Å². The Morgan fingerprint density at radius 1 is 1.42 bits per heavy atom. The van der Waals surface area contributed by atoms with Crippen molar-refractivity contribution in [1.29, 1.82) is 0 Å². The van der Waals surface area contributed by atoms with Gasteiger partial charge in [0.2, 0.25) is 10.0 Å². The number of hydrogen-bond donors (Lipinski definition) is 3. The smallest absolute Gasteiger partial charge is 0.243 e. The van der Waals surface area contributed by atoms with Crippen molar-refractivity contribution < 1.29 is 13.5 Å². The van der Waals surface area contributed by atoms with E-state index in [-0.39, 0.29) is 16.6 Å². The summed E-state index contributed by atoms with van der Waals surface area (Å²) in [6, 6.07) is 6.17. The van der Waals surface area contributed by atoms with E-state index in [9.17, 15) is 13.5 Å². The van der Waals surface area contributed by atoms with E-state index in [1.54, 1.807) is 12.1 Å². The number of nitrogens with two attached hydrogens (primary N) is 1. The summed E-state index contributed by atoms with van der Waals surface area (Å²) < 4.78 is 25.8. The van der Waals surface area contributed by atoms with Gasteiger partial charge in [0.15, 0.2) is 5.11 Å². The lowest BCUT2D eigenvalue weighted by atomic mass is 10.3. The molecule has 0 radical (unpaired) electrons. The highest BCUT2D eigenvalue weighted by Crippen LogP contribution is 2.22. The Hall–Kier alpha value is -1.22. The number of nitrogens with zero attached hydrogens (tertiary/aromatic N) is 1. The molecule has 2 rings (SSSR count). The second-order valence-electron chi connectivity index (χ2n) is 4.32. The molecule has 8 heteroatoms. The van der Waals surface area contributed by atoms with Crippen LogP contribution in [0.1, 0.15) is 6.42 Å². The molecule has 19 heavy (non-hydrogen) atoms. The average molecular weight is 301 g/mol. The highest BCUT2D eigenvalue weighted by molar-refractivity contribution is 7.89. The van der Waals surface area contributed by atoms with Crippen LogP contribution in [0.25, 0.3) is 0 Å². The largest absolute Gasteiger partial charge is 0.392 e. The van der Waals surface area contributed by atoms with Crippen molar-refractivity contribution >= 4 is 33.0 Å². The summed E-state index contributed by atoms with van der Waals surface area (Å²) in [6.07, 6.45) is -0.106. The van der Waals surface area contributed by atoms with Crippen LogP contribution >= 0.6 is 12.2 Å². The first-order valence-corrected chi connectivity index (χ1v) is 7.59. The second-order valence-corrected chi connectivity index (χ2v) is 6.70. The molecule has 0 spiro atoms. The first kappa shape index (κ1) is 14.2. The SMILES string of the molecule is NC(=S)Nc1ccc(S(=O)(=O)N2CCC(O)C2)cc1. The van der Waals surface area contributed by atoms with Gasteiger partial charge in [0, 0.05) is 18.8 Å². The molecule has 0 aliphatic carbocycles. The number of benzene rings is 1. The number of anilines is 1. The average Bonchev–Trinajstić information content (AvgIpc) is 2.76. The van der Waals surface area contributed by atoms with Crippen molar-refractivity contribution in [3.63, 3.8) is 0 Å². The fourth-order valence-electron chi connectivity index (χ4n) is 1.93. The summed E-state index contributed by atoms with van der Waals surface area (Å²) in [5.74, 6) is 0. The van der Waals surface area contributed by atoms with Crippen molar-refractivity contribution in [3.05, 3.63) is 24.3 Å². The van der Waals surface area contributed by atoms with Gasteiger partial charge in [-0.15, -0.1) is 0 Å². The summed E-state index contributed by atoms with van der Waals surface area (Å²) in [5, 5.41) is 12.3. The Morgan fingerprint density at radius 3 is 2.53 bits per heavy atom. The van der Waals surface area contributed by atoms with Gasteiger partial charge in [0.1, 0.15) is 0 Å². The van der Waals surface area contributed by atoms with Gasteiger partial charge in [-0.3, -0.25) is 0 Å². The van der Waals surface area contributed by atoms with E-state index < -0.39 is 16.1 Å². The molecule has 0 saturated carbocycles. The van der Waals surface area contributed by atoms with Crippen molar-refractivity contribution in [3.8, 4) is 0 Å². The molecule has 4 N–H and O–H groups in total. The summed E-state index contributed by atoms with van der Waals surface area (Å²) in [6.45, 7) is 0.492. The van der Waals surface area contributed by atoms with Crippen molar-refractivity contribution in [2.24, 2.45) is 5.73 Å². The van der Waals surface area contributed by atoms with Crippen LogP contribution in [0.2, 0.25) is 0 Å². The van der Waals surface area contributed by atoms with E-state index in [1.165, 1.54) is 16.4 Å². The number of hydrogen-bond acceptors (Lipinski definition) is 4. The van der Waals surface area contributed by atoms with Crippen LogP contribution in [-0.2, 0) is 10.0 Å². The molecule has 0 bridgehead atoms. The quantitative estimate of drug-likeness (QED) is 0.685. The number of rotatable bonds is 3. The van der Waals surface area contributed by atoms with Gasteiger partial charge in [-0.25, -0.2) is 8.42 Å². The predicted molar refractivity (Wildman–Crippen MR) is 76.2 cm³/mol. The summed E-state index contributed by atoms with van der Waals surface area (Å²) >= 11 is 4.70. The van der Waals surface area contributed by atoms with Crippen LogP contribution in [0.3, 0.4) is 0 Å². The van der Waals surface area contributed by atoms with Crippen LogP contribution in [0, 0.1) is 0 Å². The van der Waals surface area contributed by atoms with Crippen LogP contribution < -0.4 is 11.1 Å². The molecule has 104 valence electrons. The first-order chi connectivity index (χ1) is 8.89. The molecule has 1 atom stereocenters. The summed E-state index contributed by atoms with van der Waals surface area (Å²) in [7, 11) is -3.54. The highest BCUT2D eigenvalue weighted by Gasteiger charge is 2.31. The Morgan fingerprint density at radius 2 is 2.05 bits per heavy atom. The van der Waals surface area contributed by atoms with E-state index in [0.717, 1.165) is 0 Å². The molecule has 1 saturated heterocycles. The summed E-state index contributed by atoms with van der Waals surface area (Å²) in [4.78, 5) is 0.190. The number of thiocarbonyl (C=S) groups is 1. The maximum absolute atomic E-state index is 12.3. The predicted octanol–water partition coefficient (Wildman–Crippen LogP) is 0.0974. The van der Waals surface area contributed by atoms with Crippen LogP contribution in [0.15, 0.2) is 29.2 Å². The summed E-state index contributed by atoms with van der Waals surface area (Å²) in [5.41, 5.74) is 5.96. The monoisotopic (exact) mass is 301 g/mol. The molecular formula is C11H15N3O3S2. The molecule has 6 nitrogen and oxygen atoms in total. The Labute approximate surface area is 117 Å². The Bertz CT molecular complexity index is 571. The third kappa shape index (κ3) is 3.21. The molecule has 1 fully saturated rings. The maximum atomic E-state index is 12.3. The second kappa shape index (κ2) is 5.41. The van der Waals surface area contributed by atoms with Crippen molar-refractivity contribution in [1.82, 2.24) is 4.31 Å². The molecule has 0 amide bonds. The van der Waals surface area contributed by atoms with Gasteiger partial charge >= 0.3 is 0 Å². The minimum Gasteiger partial charge on any atom is -0.392 e. The van der Waals surface area contributed by atoms with Gasteiger partial charge < -0.3 is 16.2 Å². The lowest BCUT2D eigenvalue weighted by Gasteiger charge is -2.16. The molecule has 1 aromatic rings. The maximum Gasteiger partial charge on any atom is 0.243 e. The zero-order valence-corrected chi connectivity index (χ0v) is 11.7. The third-order valence-corrected chi connectivity index (χ3v) is 4.87. The topological polar surface area (TPSA) is 95.7 Å². The van der Waals surface area contributed by atoms with E-state index in [1.807, 2.05) is 0 Å². The van der Waals surface area contributed by atoms with Gasteiger partial charge in [-0.05, 0) is 42.9 Å². The Kier molecular flexibility index (Phi) is 4.04. The number of β-amino-alcohol motifs (C(OH)–C–C–N with tert-alkyl or cyclic N) is 1. The van der Waals surface area contributed by atoms with Crippen molar-refractivity contribution in [2.75, 3.05) is 18.4 Å². The van der Waals surface area contributed by atoms with Crippen molar-refractivity contribution in [2.45, 2.75) is 17.4 Å². The lowest BCUT2D eigenvalue weighted by Crippen LogP contribution is -2.29. The van der Waals surface area contributed by atoms with Crippen LogP contribution in [-0.4, -0.2) is 42.1 Å². The third-order valence-electron chi connectivity index (χ3n) is 2.89. The van der Waals surface area contributed by atoms with Gasteiger partial charge in [-0.1, -0.05) is 0 Å². The zero-order valence-electron chi connectivity index (χ0n) is 10.1. The minimum absolute atomic E-state index is 0.123. The number of aliphatic hydroxyl groups is 1. The van der Waals surface area contributed by atoms with Gasteiger partial charge in [0.05, 0.1) is 11.0 Å². The standard InChI is InChI=1S/C11H15N3O3S2/c12-11(18)13-8-1-3-10(4-2-8)19(16,17)14-6-5-9(15)7-14/h1-4,9,15H,5-7H2,(H3,12,13,18). The Balaban J connectivity index is 2.19. The molecule has 1 heterocycles. The first-order valence-electron chi connectivity index (χ1n) is 5.74. The van der Waals surface area contributed by atoms with Gasteiger partial charge in [-0.2, -0.15) is 4.31 Å². The van der Waals surface area contributed by atoms with E-state index in [2.05, 4.69) is 5.32 Å². The normalized spacial score (nSPS) is 20.4. The fourth-order valence-corrected chi connectivity index (χ4v) is 3.54. The van der Waals surface area contributed by atoms with Gasteiger partial charge in [0.25, 0.3) is 0 Å². The molecular weight excluding hydrogens is 286 g/mol. The molecule has 1 aliphatic rings. The molecule has 0 aromatic heterocycles. The van der Waals surface area contributed by atoms with E-state index in [0.29, 0.717) is 18.7 Å². The zero-order chi connectivity index (χ0) is 14.0. The molecule has 1 aliphatic heterocycles. The molecule has 1 aromatic carbocycles. The number of sulfonamides is 1.